The second-order valence-corrected chi connectivity index (χ2v) is 6.27. The van der Waals surface area contributed by atoms with Crippen LogP contribution in [0.25, 0.3) is 5.78 Å². The lowest BCUT2D eigenvalue weighted by molar-refractivity contribution is 0.117. The lowest BCUT2D eigenvalue weighted by atomic mass is 10.2. The van der Waals surface area contributed by atoms with Gasteiger partial charge in [0.1, 0.15) is 18.2 Å². The Hall–Kier alpha value is -2.55. The fourth-order valence-corrected chi connectivity index (χ4v) is 3.34. The van der Waals surface area contributed by atoms with Gasteiger partial charge in [-0.25, -0.2) is 4.98 Å². The Labute approximate surface area is 145 Å². The molecule has 0 radical (unpaired) electrons. The van der Waals surface area contributed by atoms with Gasteiger partial charge in [0.05, 0.1) is 6.10 Å². The molecule has 1 aliphatic rings. The van der Waals surface area contributed by atoms with E-state index in [2.05, 4.69) is 43.1 Å². The maximum Gasteiger partial charge on any atom is 0.254 e. The van der Waals surface area contributed by atoms with Crippen molar-refractivity contribution >= 4 is 11.6 Å². The molecule has 3 aromatic heterocycles. The molecule has 1 fully saturated rings. The van der Waals surface area contributed by atoms with Crippen LogP contribution in [0.5, 0.6) is 0 Å². The summed E-state index contributed by atoms with van der Waals surface area (Å²) >= 11 is 0. The average molecular weight is 343 g/mol. The van der Waals surface area contributed by atoms with Crippen LogP contribution in [0.4, 0.5) is 5.82 Å². The summed E-state index contributed by atoms with van der Waals surface area (Å²) in [5, 5.41) is 8.28. The quantitative estimate of drug-likeness (QED) is 0.691. The van der Waals surface area contributed by atoms with Gasteiger partial charge in [0.2, 0.25) is 5.89 Å². The maximum absolute atomic E-state index is 5.60. The van der Waals surface area contributed by atoms with E-state index in [-0.39, 0.29) is 12.1 Å². The average Bonchev–Trinajstić information content (AvgIpc) is 3.32. The first kappa shape index (κ1) is 15.9. The van der Waals surface area contributed by atoms with Crippen molar-refractivity contribution in [2.24, 2.45) is 0 Å². The van der Waals surface area contributed by atoms with Crippen LogP contribution in [-0.2, 0) is 11.2 Å². The SMILES string of the molecule is CCCc1cc(N2CC(OC)CC2c2nc(C)no2)n2ncnc2n1. The van der Waals surface area contributed by atoms with Gasteiger partial charge in [0, 0.05) is 31.8 Å². The minimum absolute atomic E-state index is 0.0598. The zero-order chi connectivity index (χ0) is 17.4. The Morgan fingerprint density at radius 1 is 1.36 bits per heavy atom. The standard InChI is InChI=1S/C16H21N7O2/c1-4-5-11-6-14(23-16(20-11)17-9-18-23)22-8-12(24-3)7-13(22)15-19-10(2)21-25-15/h6,9,12-13H,4-5,7-8H2,1-3H3. The second kappa shape index (κ2) is 6.40. The van der Waals surface area contributed by atoms with E-state index in [4.69, 9.17) is 9.26 Å². The van der Waals surface area contributed by atoms with Crippen molar-refractivity contribution < 1.29 is 9.26 Å². The summed E-state index contributed by atoms with van der Waals surface area (Å²) in [6.45, 7) is 4.67. The number of aryl methyl sites for hydroxylation is 2. The fraction of sp³-hybridized carbons (Fsp3) is 0.562. The van der Waals surface area contributed by atoms with Crippen LogP contribution >= 0.6 is 0 Å². The molecular weight excluding hydrogens is 322 g/mol. The first-order chi connectivity index (χ1) is 12.2. The molecule has 0 aliphatic carbocycles. The Balaban J connectivity index is 1.80. The first-order valence-electron chi connectivity index (χ1n) is 8.49. The van der Waals surface area contributed by atoms with E-state index in [9.17, 15) is 0 Å². The number of ether oxygens (including phenoxy) is 1. The van der Waals surface area contributed by atoms with Gasteiger partial charge in [0.25, 0.3) is 5.78 Å². The predicted octanol–water partition coefficient (Wildman–Crippen LogP) is 1.73. The minimum atomic E-state index is -0.0598. The van der Waals surface area contributed by atoms with Crippen LogP contribution in [-0.4, -0.2) is 49.5 Å². The molecule has 3 aromatic rings. The van der Waals surface area contributed by atoms with Gasteiger partial charge in [-0.3, -0.25) is 0 Å². The number of methoxy groups -OCH3 is 1. The molecule has 0 aromatic carbocycles. The summed E-state index contributed by atoms with van der Waals surface area (Å²) in [6, 6.07) is 2.01. The molecule has 132 valence electrons. The highest BCUT2D eigenvalue weighted by Gasteiger charge is 2.38. The zero-order valence-electron chi connectivity index (χ0n) is 14.6. The van der Waals surface area contributed by atoms with Crippen molar-refractivity contribution in [3.63, 3.8) is 0 Å². The zero-order valence-corrected chi connectivity index (χ0v) is 14.6. The second-order valence-electron chi connectivity index (χ2n) is 6.27. The highest BCUT2D eigenvalue weighted by molar-refractivity contribution is 5.50. The van der Waals surface area contributed by atoms with E-state index in [1.807, 2.05) is 6.92 Å². The molecule has 0 spiro atoms. The summed E-state index contributed by atoms with van der Waals surface area (Å²) in [6.07, 6.45) is 4.29. The molecule has 9 nitrogen and oxygen atoms in total. The fourth-order valence-electron chi connectivity index (χ4n) is 3.34. The number of aromatic nitrogens is 6. The van der Waals surface area contributed by atoms with E-state index < -0.39 is 0 Å². The van der Waals surface area contributed by atoms with Crippen LogP contribution < -0.4 is 4.90 Å². The van der Waals surface area contributed by atoms with Crippen molar-refractivity contribution in [1.82, 2.24) is 29.7 Å². The van der Waals surface area contributed by atoms with Crippen molar-refractivity contribution in [2.75, 3.05) is 18.6 Å². The van der Waals surface area contributed by atoms with Crippen LogP contribution in [0.2, 0.25) is 0 Å². The largest absolute Gasteiger partial charge is 0.380 e. The Bertz CT molecular complexity index is 874. The normalized spacial score (nSPS) is 20.7. The summed E-state index contributed by atoms with van der Waals surface area (Å²) in [4.78, 5) is 15.5. The highest BCUT2D eigenvalue weighted by Crippen LogP contribution is 2.36. The van der Waals surface area contributed by atoms with Crippen molar-refractivity contribution in [1.29, 1.82) is 0 Å². The van der Waals surface area contributed by atoms with E-state index in [1.54, 1.807) is 11.6 Å². The molecule has 4 rings (SSSR count). The number of hydrogen-bond acceptors (Lipinski definition) is 8. The van der Waals surface area contributed by atoms with Crippen molar-refractivity contribution in [2.45, 2.75) is 45.3 Å². The van der Waals surface area contributed by atoms with Crippen molar-refractivity contribution in [3.05, 3.63) is 29.8 Å². The maximum atomic E-state index is 5.60. The highest BCUT2D eigenvalue weighted by atomic mass is 16.5. The molecule has 4 heterocycles. The summed E-state index contributed by atoms with van der Waals surface area (Å²) < 4.78 is 12.8. The third-order valence-electron chi connectivity index (χ3n) is 4.51. The molecule has 0 amide bonds. The smallest absolute Gasteiger partial charge is 0.254 e. The molecule has 0 saturated carbocycles. The number of nitrogens with zero attached hydrogens (tertiary/aromatic N) is 7. The summed E-state index contributed by atoms with van der Waals surface area (Å²) in [5.74, 6) is 2.75. The first-order valence-corrected chi connectivity index (χ1v) is 8.49. The van der Waals surface area contributed by atoms with E-state index in [1.165, 1.54) is 6.33 Å². The molecule has 9 heteroatoms. The molecule has 1 aliphatic heterocycles. The van der Waals surface area contributed by atoms with Gasteiger partial charge < -0.3 is 14.2 Å². The van der Waals surface area contributed by atoms with Crippen LogP contribution in [0.1, 0.15) is 43.2 Å². The van der Waals surface area contributed by atoms with E-state index in [0.717, 1.165) is 30.8 Å². The van der Waals surface area contributed by atoms with Gasteiger partial charge in [-0.1, -0.05) is 18.5 Å². The number of anilines is 1. The molecule has 0 bridgehead atoms. The van der Waals surface area contributed by atoms with Crippen molar-refractivity contribution in [3.8, 4) is 0 Å². The summed E-state index contributed by atoms with van der Waals surface area (Å²) in [5.41, 5.74) is 0.999. The van der Waals surface area contributed by atoms with E-state index in [0.29, 0.717) is 24.0 Å². The third kappa shape index (κ3) is 2.84. The Morgan fingerprint density at radius 2 is 2.24 bits per heavy atom. The monoisotopic (exact) mass is 343 g/mol. The molecule has 25 heavy (non-hydrogen) atoms. The molecule has 1 saturated heterocycles. The van der Waals surface area contributed by atoms with Gasteiger partial charge >= 0.3 is 0 Å². The van der Waals surface area contributed by atoms with Gasteiger partial charge in [-0.05, 0) is 13.3 Å². The molecule has 0 N–H and O–H groups in total. The molecule has 2 atom stereocenters. The lowest BCUT2D eigenvalue weighted by Gasteiger charge is -2.24. The number of rotatable bonds is 5. The Morgan fingerprint density at radius 3 is 2.96 bits per heavy atom. The summed E-state index contributed by atoms with van der Waals surface area (Å²) in [7, 11) is 1.73. The predicted molar refractivity (Wildman–Crippen MR) is 89.3 cm³/mol. The van der Waals surface area contributed by atoms with Gasteiger partial charge in [-0.2, -0.15) is 19.6 Å². The number of hydrogen-bond donors (Lipinski definition) is 0. The number of fused-ring (bicyclic) bond motifs is 1. The lowest BCUT2D eigenvalue weighted by Crippen LogP contribution is -2.27. The van der Waals surface area contributed by atoms with Crippen LogP contribution in [0.15, 0.2) is 16.9 Å². The van der Waals surface area contributed by atoms with Crippen LogP contribution in [0, 0.1) is 6.92 Å². The van der Waals surface area contributed by atoms with Gasteiger partial charge in [-0.15, -0.1) is 0 Å². The molecule has 2 unspecified atom stereocenters. The van der Waals surface area contributed by atoms with E-state index >= 15 is 0 Å². The molecular formula is C16H21N7O2. The Kier molecular flexibility index (Phi) is 4.08. The minimum Gasteiger partial charge on any atom is -0.380 e. The van der Waals surface area contributed by atoms with Gasteiger partial charge in [0.15, 0.2) is 5.82 Å². The topological polar surface area (TPSA) is 94.5 Å². The third-order valence-corrected chi connectivity index (χ3v) is 4.51. The van der Waals surface area contributed by atoms with Crippen LogP contribution in [0.3, 0.4) is 0 Å².